The summed E-state index contributed by atoms with van der Waals surface area (Å²) in [7, 11) is 0. The van der Waals surface area contributed by atoms with Crippen molar-refractivity contribution in [1.29, 1.82) is 5.26 Å². The van der Waals surface area contributed by atoms with Crippen molar-refractivity contribution in [1.82, 2.24) is 19.9 Å². The van der Waals surface area contributed by atoms with Crippen LogP contribution in [0.25, 0.3) is 5.52 Å². The predicted octanol–water partition coefficient (Wildman–Crippen LogP) is 0.299. The van der Waals surface area contributed by atoms with Crippen molar-refractivity contribution < 1.29 is 29.2 Å². The highest BCUT2D eigenvalue weighted by atomic mass is 16.6. The number of nitrogens with two attached hydrogens (primary N) is 1. The number of ether oxygens (including phenoxy) is 3. The van der Waals surface area contributed by atoms with Crippen molar-refractivity contribution in [2.24, 2.45) is 5.41 Å². The maximum absolute atomic E-state index is 12.3. The topological polar surface area (TPSA) is 177 Å². The second-order valence-electron chi connectivity index (χ2n) is 9.50. The molecule has 0 bridgehead atoms. The molecule has 0 amide bonds. The summed E-state index contributed by atoms with van der Waals surface area (Å²) in [5.74, 6) is -0.160. The fraction of sp³-hybridized carbons (Fsp3) is 0.636. The molecule has 1 saturated heterocycles. The van der Waals surface area contributed by atoms with Gasteiger partial charge in [0.1, 0.15) is 42.3 Å². The van der Waals surface area contributed by atoms with Crippen LogP contribution in [0.15, 0.2) is 18.5 Å². The Morgan fingerprint density at radius 2 is 2.18 bits per heavy atom. The molecule has 5 N–H and O–H groups in total. The fourth-order valence-corrected chi connectivity index (χ4v) is 3.62. The smallest absolute Gasteiger partial charge is 0.323 e. The first-order valence-corrected chi connectivity index (χ1v) is 11.0. The van der Waals surface area contributed by atoms with E-state index in [1.54, 1.807) is 12.1 Å². The van der Waals surface area contributed by atoms with Crippen LogP contribution in [0.2, 0.25) is 0 Å². The number of aliphatic hydroxyl groups is 2. The number of nitrogen functional groups attached to an aromatic ring is 1. The van der Waals surface area contributed by atoms with Gasteiger partial charge in [-0.1, -0.05) is 27.7 Å². The molecule has 34 heavy (non-hydrogen) atoms. The van der Waals surface area contributed by atoms with E-state index in [9.17, 15) is 20.3 Å². The molecule has 3 heterocycles. The van der Waals surface area contributed by atoms with E-state index in [4.69, 9.17) is 19.9 Å². The van der Waals surface area contributed by atoms with Gasteiger partial charge in [-0.3, -0.25) is 10.1 Å². The van der Waals surface area contributed by atoms with Gasteiger partial charge in [0.15, 0.2) is 5.82 Å². The van der Waals surface area contributed by atoms with E-state index in [0.29, 0.717) is 17.6 Å². The number of anilines is 1. The Morgan fingerprint density at radius 1 is 1.44 bits per heavy atom. The molecule has 0 aliphatic carbocycles. The van der Waals surface area contributed by atoms with Crippen molar-refractivity contribution in [2.75, 3.05) is 25.7 Å². The van der Waals surface area contributed by atoms with Gasteiger partial charge in [-0.15, -0.1) is 0 Å². The first-order chi connectivity index (χ1) is 16.0. The van der Waals surface area contributed by atoms with Gasteiger partial charge in [0.25, 0.3) is 0 Å². The summed E-state index contributed by atoms with van der Waals surface area (Å²) in [5, 5.41) is 38.1. The molecule has 5 atom stereocenters. The molecule has 186 valence electrons. The number of nitrogens with one attached hydrogen (secondary N) is 1. The molecule has 3 rings (SSSR count). The normalized spacial score (nSPS) is 25.9. The van der Waals surface area contributed by atoms with E-state index in [1.807, 2.05) is 33.8 Å². The number of aromatic nitrogens is 3. The van der Waals surface area contributed by atoms with Gasteiger partial charge in [-0.05, 0) is 24.0 Å². The Balaban J connectivity index is 1.63. The third kappa shape index (κ3) is 5.29. The maximum Gasteiger partial charge on any atom is 0.323 e. The number of aliphatic hydroxyl groups excluding tert-OH is 2. The number of hydrogen-bond donors (Lipinski definition) is 4. The van der Waals surface area contributed by atoms with Crippen LogP contribution in [0, 0.1) is 16.7 Å². The third-order valence-electron chi connectivity index (χ3n) is 5.53. The highest BCUT2D eigenvalue weighted by molar-refractivity contribution is 5.75. The van der Waals surface area contributed by atoms with Gasteiger partial charge in [-0.2, -0.15) is 10.4 Å². The summed E-state index contributed by atoms with van der Waals surface area (Å²) in [6, 6.07) is 4.62. The number of carbonyl (C=O) groups excluding carboxylic acids is 1. The first kappa shape index (κ1) is 25.8. The number of fused-ring (bicyclic) bond motifs is 1. The van der Waals surface area contributed by atoms with Crippen LogP contribution < -0.4 is 11.1 Å². The van der Waals surface area contributed by atoms with Gasteiger partial charge in [-0.25, -0.2) is 9.50 Å². The van der Waals surface area contributed by atoms with Gasteiger partial charge in [0.05, 0.1) is 25.6 Å². The molecule has 0 unspecified atom stereocenters. The number of nitriles is 1. The van der Waals surface area contributed by atoms with Gasteiger partial charge in [0.2, 0.25) is 5.60 Å². The zero-order valence-electron chi connectivity index (χ0n) is 19.8. The van der Waals surface area contributed by atoms with Crippen LogP contribution in [0.1, 0.15) is 45.9 Å². The number of esters is 1. The van der Waals surface area contributed by atoms with Crippen LogP contribution in [-0.2, 0) is 19.0 Å². The standard InChI is InChI=1S/C22H32N6O6/c1-5-13(20(31)33-9-21(2,3)4)26-12-32-10-22(8-23)18(30)16(29)17(34-22)14-6-7-15-19(24)25-11-27-28(14)15/h6-7,11,13,16-18,26,29-30H,5,9-10,12H2,1-4H3,(H2,24,25,27)/t13-,16-,17-,18-,22+/m0/s1. The van der Waals surface area contributed by atoms with Gasteiger partial charge in [0, 0.05) is 0 Å². The highest BCUT2D eigenvalue weighted by Gasteiger charge is 2.56. The Hall–Kier alpha value is -2.82. The van der Waals surface area contributed by atoms with E-state index in [1.165, 1.54) is 10.8 Å². The fourth-order valence-electron chi connectivity index (χ4n) is 3.62. The second kappa shape index (κ2) is 10.2. The minimum Gasteiger partial charge on any atom is -0.464 e. The molecule has 2 aromatic heterocycles. The lowest BCUT2D eigenvalue weighted by atomic mass is 9.96. The Bertz CT molecular complexity index is 1050. The number of carbonyl (C=O) groups is 1. The van der Waals surface area contributed by atoms with Crippen LogP contribution in [0.5, 0.6) is 0 Å². The maximum atomic E-state index is 12.3. The van der Waals surface area contributed by atoms with E-state index >= 15 is 0 Å². The van der Waals surface area contributed by atoms with E-state index < -0.39 is 35.9 Å². The van der Waals surface area contributed by atoms with Crippen molar-refractivity contribution >= 4 is 17.3 Å². The lowest BCUT2D eigenvalue weighted by Gasteiger charge is -2.25. The third-order valence-corrected chi connectivity index (χ3v) is 5.53. The Kier molecular flexibility index (Phi) is 7.74. The average molecular weight is 477 g/mol. The SMILES string of the molecule is CC[C@H](NCOC[C@@]1(C#N)O[C@@H](c2ccc3c(N)ncnn23)[C@H](O)[C@@H]1O)C(=O)OCC(C)(C)C. The Labute approximate surface area is 197 Å². The van der Waals surface area contributed by atoms with Crippen LogP contribution in [0.4, 0.5) is 5.82 Å². The molecule has 0 aromatic carbocycles. The largest absolute Gasteiger partial charge is 0.464 e. The molecule has 1 fully saturated rings. The lowest BCUT2D eigenvalue weighted by molar-refractivity contribution is -0.150. The number of nitrogens with zero attached hydrogens (tertiary/aromatic N) is 4. The first-order valence-electron chi connectivity index (χ1n) is 11.0. The number of rotatable bonds is 9. The van der Waals surface area contributed by atoms with Crippen molar-refractivity contribution in [3.63, 3.8) is 0 Å². The molecule has 0 spiro atoms. The van der Waals surface area contributed by atoms with Crippen LogP contribution >= 0.6 is 0 Å². The highest BCUT2D eigenvalue weighted by Crippen LogP contribution is 2.40. The zero-order valence-corrected chi connectivity index (χ0v) is 19.8. The van der Waals surface area contributed by atoms with Crippen molar-refractivity contribution in [2.45, 2.75) is 64.1 Å². The average Bonchev–Trinajstić information content (AvgIpc) is 3.33. The van der Waals surface area contributed by atoms with E-state index in [2.05, 4.69) is 15.4 Å². The minimum atomic E-state index is -1.83. The molecule has 0 saturated carbocycles. The minimum absolute atomic E-state index is 0.0960. The van der Waals surface area contributed by atoms with Gasteiger partial charge >= 0.3 is 5.97 Å². The second-order valence-corrected chi connectivity index (χ2v) is 9.50. The molecule has 1 aliphatic heterocycles. The predicted molar refractivity (Wildman–Crippen MR) is 120 cm³/mol. The summed E-state index contributed by atoms with van der Waals surface area (Å²) in [6.07, 6.45) is -2.29. The summed E-state index contributed by atoms with van der Waals surface area (Å²) >= 11 is 0. The molecule has 2 aromatic rings. The van der Waals surface area contributed by atoms with Crippen molar-refractivity contribution in [3.05, 3.63) is 24.2 Å². The molecule has 0 radical (unpaired) electrons. The molecular formula is C22H32N6O6. The van der Waals surface area contributed by atoms with E-state index in [-0.39, 0.29) is 31.2 Å². The molecule has 12 heteroatoms. The molecule has 12 nitrogen and oxygen atoms in total. The zero-order chi connectivity index (χ0) is 25.1. The lowest BCUT2D eigenvalue weighted by Crippen LogP contribution is -2.47. The van der Waals surface area contributed by atoms with Crippen molar-refractivity contribution in [3.8, 4) is 6.07 Å². The molecule has 1 aliphatic rings. The summed E-state index contributed by atoms with van der Waals surface area (Å²) in [4.78, 5) is 16.2. The summed E-state index contributed by atoms with van der Waals surface area (Å²) < 4.78 is 18.2. The van der Waals surface area contributed by atoms with E-state index in [0.717, 1.165) is 0 Å². The Morgan fingerprint density at radius 3 is 2.82 bits per heavy atom. The quantitative estimate of drug-likeness (QED) is 0.222. The molecular weight excluding hydrogens is 444 g/mol. The number of hydrogen-bond acceptors (Lipinski definition) is 11. The van der Waals surface area contributed by atoms with Gasteiger partial charge < -0.3 is 30.2 Å². The van der Waals surface area contributed by atoms with Crippen LogP contribution in [-0.4, -0.2) is 74.6 Å². The monoisotopic (exact) mass is 476 g/mol. The van der Waals surface area contributed by atoms with Crippen LogP contribution in [0.3, 0.4) is 0 Å². The summed E-state index contributed by atoms with van der Waals surface area (Å²) in [6.45, 7) is 7.56. The summed E-state index contributed by atoms with van der Waals surface area (Å²) in [5.41, 5.74) is 4.77.